The lowest BCUT2D eigenvalue weighted by molar-refractivity contribution is -0.150. The lowest BCUT2D eigenvalue weighted by atomic mass is 10.0. The minimum atomic E-state index is -1.32. The second kappa shape index (κ2) is 12.2. The van der Waals surface area contributed by atoms with Gasteiger partial charge in [-0.1, -0.05) is 16.9 Å². The molecule has 1 unspecified atom stereocenters. The maximum Gasteiger partial charge on any atom is 0.352 e. The molecule has 4 rings (SSSR count). The van der Waals surface area contributed by atoms with E-state index >= 15 is 0 Å². The van der Waals surface area contributed by atoms with Crippen LogP contribution in [0.1, 0.15) is 12.6 Å². The minimum absolute atomic E-state index is 0.0916. The zero-order chi connectivity index (χ0) is 28.1. The van der Waals surface area contributed by atoms with Crippen molar-refractivity contribution in [3.8, 4) is 0 Å². The summed E-state index contributed by atoms with van der Waals surface area (Å²) in [5.74, 6) is -3.55. The third-order valence-electron chi connectivity index (χ3n) is 5.13. The summed E-state index contributed by atoms with van der Waals surface area (Å²) in [7, 11) is 0. The normalized spacial score (nSPS) is 18.7. The third-order valence-corrected chi connectivity index (χ3v) is 8.28. The fourth-order valence-electron chi connectivity index (χ4n) is 3.52. The molecule has 1 fully saturated rings. The van der Waals surface area contributed by atoms with E-state index in [4.69, 9.17) is 9.94 Å². The number of aromatic nitrogens is 5. The number of fused-ring (bicyclic) bond motifs is 1. The van der Waals surface area contributed by atoms with E-state index in [0.29, 0.717) is 12.0 Å². The van der Waals surface area contributed by atoms with E-state index in [1.54, 1.807) is 6.92 Å². The molecular weight excluding hydrogens is 578 g/mol. The number of β-lactam (4-membered cyclic amide) rings is 1. The molecule has 39 heavy (non-hydrogen) atoms. The monoisotopic (exact) mass is 597 g/mol. The number of aliphatic carboxylic acids is 2. The molecule has 206 valence electrons. The van der Waals surface area contributed by atoms with Crippen LogP contribution in [-0.4, -0.2) is 106 Å². The predicted molar refractivity (Wildman–Crippen MR) is 136 cm³/mol. The minimum Gasteiger partial charge on any atom is -0.480 e. The quantitative estimate of drug-likeness (QED) is 0.0717. The number of anilines is 1. The summed E-state index contributed by atoms with van der Waals surface area (Å²) in [6.07, 6.45) is 0.433. The smallest absolute Gasteiger partial charge is 0.352 e. The summed E-state index contributed by atoms with van der Waals surface area (Å²) in [6.45, 7) is 1.35. The SMILES string of the molecule is CCON=C(C(=O)NC1C(=O)N2C(C(=O)O)=C(CSc3nnnn3CC(=O)O)CS[C@@H]12)c1csc(NC=O)n1. The molecule has 0 spiro atoms. The first-order chi connectivity index (χ1) is 18.7. The lowest BCUT2D eigenvalue weighted by Crippen LogP contribution is -2.71. The maximum absolute atomic E-state index is 13.0. The Hall–Kier alpha value is -4.04. The number of nitrogens with one attached hydrogen (secondary N) is 2. The Kier molecular flexibility index (Phi) is 8.76. The number of carboxylic acids is 2. The largest absolute Gasteiger partial charge is 0.480 e. The Morgan fingerprint density at radius 3 is 2.85 bits per heavy atom. The van der Waals surface area contributed by atoms with Gasteiger partial charge in [0.15, 0.2) is 10.8 Å². The van der Waals surface area contributed by atoms with E-state index in [1.807, 2.05) is 0 Å². The van der Waals surface area contributed by atoms with Crippen LogP contribution >= 0.6 is 34.9 Å². The molecule has 0 radical (unpaired) electrons. The number of hydrogen-bond acceptors (Lipinski definition) is 14. The summed E-state index contributed by atoms with van der Waals surface area (Å²) in [6, 6.07) is -1.04. The average molecular weight is 598 g/mol. The van der Waals surface area contributed by atoms with Crippen LogP contribution in [0.2, 0.25) is 0 Å². The lowest BCUT2D eigenvalue weighted by Gasteiger charge is -2.49. The topological polar surface area (TPSA) is 231 Å². The van der Waals surface area contributed by atoms with E-state index < -0.39 is 41.7 Å². The van der Waals surface area contributed by atoms with Crippen LogP contribution in [0, 0.1) is 0 Å². The van der Waals surface area contributed by atoms with Gasteiger partial charge in [0.05, 0.1) is 0 Å². The molecule has 4 N–H and O–H groups in total. The van der Waals surface area contributed by atoms with Crippen LogP contribution in [-0.2, 0) is 35.4 Å². The van der Waals surface area contributed by atoms with Gasteiger partial charge in [0.25, 0.3) is 11.8 Å². The third kappa shape index (κ3) is 6.01. The predicted octanol–water partition coefficient (Wildman–Crippen LogP) is -0.946. The van der Waals surface area contributed by atoms with E-state index in [1.165, 1.54) is 17.1 Å². The Balaban J connectivity index is 1.48. The van der Waals surface area contributed by atoms with Gasteiger partial charge in [-0.3, -0.25) is 24.1 Å². The van der Waals surface area contributed by atoms with Gasteiger partial charge in [0, 0.05) is 16.9 Å². The van der Waals surface area contributed by atoms with E-state index in [-0.39, 0.29) is 45.5 Å². The Bertz CT molecular complexity index is 1370. The second-order valence-corrected chi connectivity index (χ2v) is 10.5. The highest BCUT2D eigenvalue weighted by Gasteiger charge is 2.54. The molecule has 2 atom stereocenters. The standard InChI is InChI=1S/C19H19N9O8S3/c1-2-36-24-11(9-6-38-18(21-9)20-7-29)14(32)22-12-15(33)28-13(17(34)35)8(4-37-16(12)28)5-39-19-23-25-26-27(19)3-10(30)31/h6-7,12,16H,2-5H2,1H3,(H,22,32)(H,30,31)(H,34,35)(H,20,21,29)/t12?,16-/m0/s1. The van der Waals surface area contributed by atoms with Crippen molar-refractivity contribution < 1.29 is 39.0 Å². The maximum atomic E-state index is 13.0. The Morgan fingerprint density at radius 1 is 1.36 bits per heavy atom. The van der Waals surface area contributed by atoms with Gasteiger partial charge in [-0.05, 0) is 22.9 Å². The van der Waals surface area contributed by atoms with E-state index in [2.05, 4.69) is 36.3 Å². The summed E-state index contributed by atoms with van der Waals surface area (Å²) in [5.41, 5.74) is 0.0921. The molecule has 2 aromatic rings. The molecule has 0 saturated carbocycles. The highest BCUT2D eigenvalue weighted by molar-refractivity contribution is 8.01. The molecule has 3 amide bonds. The zero-order valence-electron chi connectivity index (χ0n) is 19.8. The van der Waals surface area contributed by atoms with E-state index in [0.717, 1.165) is 32.7 Å². The fourth-order valence-corrected chi connectivity index (χ4v) is 6.53. The van der Waals surface area contributed by atoms with Gasteiger partial charge >= 0.3 is 11.9 Å². The molecule has 17 nitrogen and oxygen atoms in total. The van der Waals surface area contributed by atoms with Crippen LogP contribution in [0.15, 0.2) is 27.0 Å². The van der Waals surface area contributed by atoms with Crippen molar-refractivity contribution in [1.29, 1.82) is 0 Å². The first-order valence-electron chi connectivity index (χ1n) is 10.9. The molecule has 20 heteroatoms. The number of tetrazole rings is 1. The van der Waals surface area contributed by atoms with Gasteiger partial charge in [0.2, 0.25) is 11.6 Å². The van der Waals surface area contributed by atoms with Gasteiger partial charge < -0.3 is 25.7 Å². The summed E-state index contributed by atoms with van der Waals surface area (Å²) in [4.78, 5) is 70.1. The van der Waals surface area contributed by atoms with Gasteiger partial charge in [-0.15, -0.1) is 28.2 Å². The van der Waals surface area contributed by atoms with Crippen molar-refractivity contribution in [2.75, 3.05) is 23.4 Å². The Morgan fingerprint density at radius 2 is 2.15 bits per heavy atom. The number of oxime groups is 1. The molecule has 2 aromatic heterocycles. The van der Waals surface area contributed by atoms with Gasteiger partial charge in [-0.2, -0.15) is 0 Å². The first kappa shape index (κ1) is 28.0. The molecular formula is C19H19N9O8S3. The van der Waals surface area contributed by atoms with E-state index in [9.17, 15) is 29.1 Å². The second-order valence-electron chi connectivity index (χ2n) is 7.58. The molecule has 2 aliphatic heterocycles. The number of carboxylic acid groups (broad SMARTS) is 2. The summed E-state index contributed by atoms with van der Waals surface area (Å²) < 4.78 is 1.06. The van der Waals surface area contributed by atoms with Crippen molar-refractivity contribution in [3.05, 3.63) is 22.3 Å². The van der Waals surface area contributed by atoms with Crippen molar-refractivity contribution in [2.24, 2.45) is 5.16 Å². The number of carbonyl (C=O) groups is 5. The number of carbonyl (C=O) groups excluding carboxylic acids is 3. The summed E-state index contributed by atoms with van der Waals surface area (Å²) in [5, 5.41) is 39.6. The molecule has 0 bridgehead atoms. The van der Waals surface area contributed by atoms with Crippen molar-refractivity contribution in [2.45, 2.75) is 30.0 Å². The van der Waals surface area contributed by atoms with Crippen molar-refractivity contribution in [3.63, 3.8) is 0 Å². The Labute approximate surface area is 231 Å². The number of amides is 3. The number of nitrogens with zero attached hydrogens (tertiary/aromatic N) is 7. The first-order valence-corrected chi connectivity index (χ1v) is 13.8. The highest BCUT2D eigenvalue weighted by atomic mass is 32.2. The number of thiazole rings is 1. The average Bonchev–Trinajstić information content (AvgIpc) is 3.54. The van der Waals surface area contributed by atoms with Crippen molar-refractivity contribution in [1.82, 2.24) is 35.4 Å². The molecule has 2 aliphatic rings. The molecule has 4 heterocycles. The molecule has 1 saturated heterocycles. The zero-order valence-corrected chi connectivity index (χ0v) is 22.3. The summed E-state index contributed by atoms with van der Waals surface area (Å²) >= 11 is 3.35. The number of rotatable bonds is 13. The van der Waals surface area contributed by atoms with Crippen molar-refractivity contribution >= 4 is 75.9 Å². The molecule has 0 aromatic carbocycles. The molecule has 0 aliphatic carbocycles. The number of hydrogen-bond donors (Lipinski definition) is 4. The van der Waals surface area contributed by atoms with Crippen LogP contribution in [0.3, 0.4) is 0 Å². The number of thioether (sulfide) groups is 2. The highest BCUT2D eigenvalue weighted by Crippen LogP contribution is 2.41. The van der Waals surface area contributed by atoms with Crippen LogP contribution in [0.5, 0.6) is 0 Å². The van der Waals surface area contributed by atoms with Gasteiger partial charge in [-0.25, -0.2) is 14.5 Å². The van der Waals surface area contributed by atoms with Crippen LogP contribution < -0.4 is 10.6 Å². The van der Waals surface area contributed by atoms with Crippen LogP contribution in [0.25, 0.3) is 0 Å². The van der Waals surface area contributed by atoms with Crippen LogP contribution in [0.4, 0.5) is 5.13 Å². The van der Waals surface area contributed by atoms with Gasteiger partial charge in [0.1, 0.15) is 36.0 Å². The fraction of sp³-hybridized carbons (Fsp3) is 0.368.